The van der Waals surface area contributed by atoms with E-state index in [1.807, 2.05) is 44.2 Å². The van der Waals surface area contributed by atoms with Gasteiger partial charge in [0.15, 0.2) is 5.78 Å². The van der Waals surface area contributed by atoms with Crippen LogP contribution in [0.2, 0.25) is 0 Å². The second-order valence-corrected chi connectivity index (χ2v) is 9.53. The topological polar surface area (TPSA) is 76.0 Å². The first kappa shape index (κ1) is 28.5. The summed E-state index contributed by atoms with van der Waals surface area (Å²) in [4.78, 5) is 12.6. The molecule has 0 bridgehead atoms. The molecule has 0 aromatic heterocycles. The summed E-state index contributed by atoms with van der Waals surface area (Å²) in [5.74, 6) is 0.463. The van der Waals surface area contributed by atoms with Crippen molar-refractivity contribution in [2.75, 3.05) is 13.7 Å². The molecule has 0 amide bonds. The summed E-state index contributed by atoms with van der Waals surface area (Å²) in [7, 11) is 1.44. The zero-order valence-corrected chi connectivity index (χ0v) is 20.8. The molecule has 1 aliphatic heterocycles. The van der Waals surface area contributed by atoms with Crippen LogP contribution in [0.5, 0.6) is 0 Å². The van der Waals surface area contributed by atoms with Gasteiger partial charge in [0.25, 0.3) is 0 Å². The van der Waals surface area contributed by atoms with Crippen LogP contribution in [0, 0.1) is 17.8 Å². The average Bonchev–Trinajstić information content (AvgIpc) is 2.74. The molecule has 2 N–H and O–H groups in total. The highest BCUT2D eigenvalue weighted by Crippen LogP contribution is 2.23. The van der Waals surface area contributed by atoms with E-state index >= 15 is 0 Å². The fraction of sp³-hybridized carbons (Fsp3) is 0.667. The molecule has 1 saturated heterocycles. The summed E-state index contributed by atoms with van der Waals surface area (Å²) in [6.07, 6.45) is 11.1. The van der Waals surface area contributed by atoms with Crippen LogP contribution < -0.4 is 0 Å². The molecule has 5 heteroatoms. The zero-order chi connectivity index (χ0) is 24.3. The van der Waals surface area contributed by atoms with Gasteiger partial charge in [0, 0.05) is 26.1 Å². The van der Waals surface area contributed by atoms with Crippen LogP contribution in [0.4, 0.5) is 0 Å². The first-order valence-corrected chi connectivity index (χ1v) is 11.8. The maximum Gasteiger partial charge on any atom is 0.167 e. The van der Waals surface area contributed by atoms with Crippen LogP contribution in [0.15, 0.2) is 48.1 Å². The van der Waals surface area contributed by atoms with E-state index in [0.29, 0.717) is 24.3 Å². The number of hydrogen-bond acceptors (Lipinski definition) is 5. The van der Waals surface area contributed by atoms with Crippen molar-refractivity contribution >= 4 is 5.78 Å². The normalized spacial score (nSPS) is 24.9. The molecule has 7 atom stereocenters. The van der Waals surface area contributed by atoms with Crippen LogP contribution in [0.1, 0.15) is 60.3 Å². The van der Waals surface area contributed by atoms with Gasteiger partial charge in [-0.25, -0.2) is 0 Å². The summed E-state index contributed by atoms with van der Waals surface area (Å²) < 4.78 is 11.0. The number of carbonyl (C=O) groups is 1. The highest BCUT2D eigenvalue weighted by atomic mass is 16.5. The van der Waals surface area contributed by atoms with Gasteiger partial charge in [0.05, 0.1) is 12.2 Å². The maximum atomic E-state index is 12.6. The lowest BCUT2D eigenvalue weighted by atomic mass is 9.88. The number of aliphatic hydroxyl groups excluding tert-OH is 2. The molecule has 1 rings (SSSR count). The SMILES string of the molecule is C=C(C)C(O)[C@@H](OC)C(=O)[C@H](C)C[C@H](C)/C=C/C=C/C=C(\C)C(O)CC1CCC(C)CO1. The zero-order valence-electron chi connectivity index (χ0n) is 20.8. The number of ketones is 1. The summed E-state index contributed by atoms with van der Waals surface area (Å²) in [6, 6.07) is 0. The average molecular weight is 449 g/mol. The lowest BCUT2D eigenvalue weighted by Gasteiger charge is -2.28. The molecule has 0 aromatic rings. The number of Topliss-reactive ketones (excluding diaryl/α,β-unsaturated/α-hetero) is 1. The minimum atomic E-state index is -0.984. The molecule has 182 valence electrons. The number of allylic oxidation sites excluding steroid dienone is 5. The van der Waals surface area contributed by atoms with Crippen molar-refractivity contribution in [3.63, 3.8) is 0 Å². The van der Waals surface area contributed by atoms with Crippen molar-refractivity contribution in [2.45, 2.75) is 84.7 Å². The Morgan fingerprint density at radius 1 is 1.19 bits per heavy atom. The molecular weight excluding hydrogens is 404 g/mol. The Morgan fingerprint density at radius 3 is 2.44 bits per heavy atom. The highest BCUT2D eigenvalue weighted by molar-refractivity contribution is 5.86. The van der Waals surface area contributed by atoms with Crippen molar-refractivity contribution in [1.82, 2.24) is 0 Å². The Bertz CT molecular complexity index is 670. The van der Waals surface area contributed by atoms with Crippen LogP contribution in [-0.4, -0.2) is 54.1 Å². The molecule has 4 unspecified atom stereocenters. The number of carbonyl (C=O) groups excluding carboxylic acids is 1. The first-order valence-electron chi connectivity index (χ1n) is 11.8. The van der Waals surface area contributed by atoms with E-state index in [1.165, 1.54) is 7.11 Å². The van der Waals surface area contributed by atoms with E-state index in [2.05, 4.69) is 20.4 Å². The molecule has 1 heterocycles. The molecule has 0 aliphatic carbocycles. The second kappa shape index (κ2) is 14.6. The van der Waals surface area contributed by atoms with E-state index in [0.717, 1.165) is 25.0 Å². The Balaban J connectivity index is 2.47. The minimum absolute atomic E-state index is 0.109. The van der Waals surface area contributed by atoms with Gasteiger partial charge in [-0.1, -0.05) is 57.7 Å². The summed E-state index contributed by atoms with van der Waals surface area (Å²) >= 11 is 0. The Morgan fingerprint density at radius 2 is 1.88 bits per heavy atom. The van der Waals surface area contributed by atoms with Crippen molar-refractivity contribution in [3.05, 3.63) is 48.1 Å². The molecule has 0 spiro atoms. The Labute approximate surface area is 194 Å². The first-order chi connectivity index (χ1) is 15.1. The molecule has 1 fully saturated rings. The molecule has 32 heavy (non-hydrogen) atoms. The van der Waals surface area contributed by atoms with Crippen molar-refractivity contribution in [3.8, 4) is 0 Å². The van der Waals surface area contributed by atoms with Gasteiger partial charge in [-0.05, 0) is 56.1 Å². The van der Waals surface area contributed by atoms with Crippen LogP contribution in [0.3, 0.4) is 0 Å². The lowest BCUT2D eigenvalue weighted by Crippen LogP contribution is -2.39. The fourth-order valence-corrected chi connectivity index (χ4v) is 3.89. The number of ether oxygens (including phenoxy) is 2. The molecule has 0 aromatic carbocycles. The molecule has 5 nitrogen and oxygen atoms in total. The number of rotatable bonds is 13. The summed E-state index contributed by atoms with van der Waals surface area (Å²) in [5, 5.41) is 20.5. The predicted octanol–water partition coefficient (Wildman–Crippen LogP) is 4.79. The van der Waals surface area contributed by atoms with Gasteiger partial charge in [-0.3, -0.25) is 4.79 Å². The number of methoxy groups -OCH3 is 1. The standard InChI is InChI=1S/C27H44O5/c1-18(2)25(29)27(31-7)26(30)22(6)15-19(3)11-9-8-10-12-21(5)24(28)16-23-14-13-20(4)17-32-23/h8-12,19-20,22-25,27-29H,1,13-17H2,2-7H3/b10-8+,11-9+,21-12+/t19-,20?,22-,23?,24?,25?,27-/m1/s1. The quantitative estimate of drug-likeness (QED) is 0.313. The van der Waals surface area contributed by atoms with E-state index < -0.39 is 18.3 Å². The van der Waals surface area contributed by atoms with E-state index in [9.17, 15) is 15.0 Å². The maximum absolute atomic E-state index is 12.6. The molecule has 0 radical (unpaired) electrons. The van der Waals surface area contributed by atoms with Gasteiger partial charge in [0.2, 0.25) is 0 Å². The highest BCUT2D eigenvalue weighted by Gasteiger charge is 2.31. The van der Waals surface area contributed by atoms with Crippen molar-refractivity contribution in [2.24, 2.45) is 17.8 Å². The fourth-order valence-electron chi connectivity index (χ4n) is 3.89. The smallest absolute Gasteiger partial charge is 0.167 e. The van der Waals surface area contributed by atoms with Crippen molar-refractivity contribution < 1.29 is 24.5 Å². The summed E-state index contributed by atoms with van der Waals surface area (Å²) in [6.45, 7) is 14.2. The van der Waals surface area contributed by atoms with E-state index in [-0.39, 0.29) is 23.7 Å². The van der Waals surface area contributed by atoms with Crippen LogP contribution in [-0.2, 0) is 14.3 Å². The third kappa shape index (κ3) is 9.95. The third-order valence-corrected chi connectivity index (χ3v) is 6.17. The van der Waals surface area contributed by atoms with Gasteiger partial charge in [-0.2, -0.15) is 0 Å². The van der Waals surface area contributed by atoms with E-state index in [4.69, 9.17) is 9.47 Å². The third-order valence-electron chi connectivity index (χ3n) is 6.17. The van der Waals surface area contributed by atoms with Gasteiger partial charge in [-0.15, -0.1) is 0 Å². The van der Waals surface area contributed by atoms with Crippen molar-refractivity contribution in [1.29, 1.82) is 0 Å². The minimum Gasteiger partial charge on any atom is -0.389 e. The molecular formula is C27H44O5. The van der Waals surface area contributed by atoms with Gasteiger partial charge in [0.1, 0.15) is 12.2 Å². The number of hydrogen-bond donors (Lipinski definition) is 2. The monoisotopic (exact) mass is 448 g/mol. The largest absolute Gasteiger partial charge is 0.389 e. The Kier molecular flexibility index (Phi) is 13.0. The van der Waals surface area contributed by atoms with Gasteiger partial charge >= 0.3 is 0 Å². The second-order valence-electron chi connectivity index (χ2n) is 9.53. The predicted molar refractivity (Wildman–Crippen MR) is 130 cm³/mol. The van der Waals surface area contributed by atoms with E-state index in [1.54, 1.807) is 6.92 Å². The lowest BCUT2D eigenvalue weighted by molar-refractivity contribution is -0.138. The summed E-state index contributed by atoms with van der Waals surface area (Å²) in [5.41, 5.74) is 1.44. The molecule has 0 saturated carbocycles. The molecule has 1 aliphatic rings. The number of aliphatic hydroxyl groups is 2. The Hall–Kier alpha value is -1.53. The van der Waals surface area contributed by atoms with Gasteiger partial charge < -0.3 is 19.7 Å². The van der Waals surface area contributed by atoms with Crippen LogP contribution >= 0.6 is 0 Å². The van der Waals surface area contributed by atoms with Crippen LogP contribution in [0.25, 0.3) is 0 Å².